The standard InChI is InChI=1S/C22H26O5S/c1-17(28(23,24)25)21-10-12-22(16-21,13-11-21)26-15-18-6-5-9-20(14-18)27-19-7-3-2-4-8-19/h2-9,14,17H,10-13,15-16H2,1H3,(H,23,24,25). The smallest absolute Gasteiger partial charge is 0.268 e. The van der Waals surface area contributed by atoms with Crippen molar-refractivity contribution in [2.24, 2.45) is 5.41 Å². The van der Waals surface area contributed by atoms with Crippen LogP contribution in [0.3, 0.4) is 0 Å². The van der Waals surface area contributed by atoms with Crippen molar-refractivity contribution >= 4 is 10.1 Å². The molecule has 0 radical (unpaired) electrons. The van der Waals surface area contributed by atoms with Gasteiger partial charge in [0.2, 0.25) is 0 Å². The molecule has 4 rings (SSSR count). The van der Waals surface area contributed by atoms with Crippen LogP contribution in [0.2, 0.25) is 0 Å². The Morgan fingerprint density at radius 1 is 1.00 bits per heavy atom. The molecule has 5 nitrogen and oxygen atoms in total. The van der Waals surface area contributed by atoms with Crippen molar-refractivity contribution in [3.05, 3.63) is 60.2 Å². The molecule has 2 aliphatic carbocycles. The van der Waals surface area contributed by atoms with Crippen molar-refractivity contribution in [3.8, 4) is 11.5 Å². The highest BCUT2D eigenvalue weighted by molar-refractivity contribution is 7.86. The number of fused-ring (bicyclic) bond motifs is 2. The number of benzene rings is 2. The Hall–Kier alpha value is -1.89. The van der Waals surface area contributed by atoms with E-state index in [1.807, 2.05) is 54.6 Å². The van der Waals surface area contributed by atoms with Gasteiger partial charge in [-0.1, -0.05) is 30.3 Å². The average Bonchev–Trinajstić information content (AvgIpc) is 3.24. The summed E-state index contributed by atoms with van der Waals surface area (Å²) in [7, 11) is -4.03. The summed E-state index contributed by atoms with van der Waals surface area (Å²) >= 11 is 0. The van der Waals surface area contributed by atoms with Crippen LogP contribution in [0.4, 0.5) is 0 Å². The minimum absolute atomic E-state index is 0.282. The van der Waals surface area contributed by atoms with Gasteiger partial charge in [0.1, 0.15) is 11.5 Å². The van der Waals surface area contributed by atoms with Crippen molar-refractivity contribution in [2.75, 3.05) is 0 Å². The van der Waals surface area contributed by atoms with Gasteiger partial charge >= 0.3 is 0 Å². The van der Waals surface area contributed by atoms with Gasteiger partial charge in [0.05, 0.1) is 17.5 Å². The molecule has 2 aromatic carbocycles. The molecule has 0 spiro atoms. The molecule has 1 unspecified atom stereocenters. The Balaban J connectivity index is 1.41. The first-order valence-corrected chi connectivity index (χ1v) is 11.2. The average molecular weight is 403 g/mol. The topological polar surface area (TPSA) is 72.8 Å². The lowest BCUT2D eigenvalue weighted by Gasteiger charge is -2.31. The normalized spacial score (nSPS) is 27.6. The number of ether oxygens (including phenoxy) is 2. The molecule has 0 heterocycles. The fourth-order valence-electron chi connectivity index (χ4n) is 4.82. The Kier molecular flexibility index (Phi) is 4.98. The summed E-state index contributed by atoms with van der Waals surface area (Å²) in [6, 6.07) is 17.5. The lowest BCUT2D eigenvalue weighted by atomic mass is 9.81. The number of hydrogen-bond acceptors (Lipinski definition) is 4. The molecule has 0 amide bonds. The first kappa shape index (κ1) is 19.4. The molecule has 0 aliphatic heterocycles. The number of rotatable bonds is 7. The van der Waals surface area contributed by atoms with Gasteiger partial charge in [0.15, 0.2) is 0 Å². The van der Waals surface area contributed by atoms with E-state index in [-0.39, 0.29) is 11.0 Å². The molecule has 2 saturated carbocycles. The summed E-state index contributed by atoms with van der Waals surface area (Å²) in [6.45, 7) is 2.09. The zero-order valence-electron chi connectivity index (χ0n) is 16.0. The minimum atomic E-state index is -4.03. The second kappa shape index (κ2) is 7.17. The van der Waals surface area contributed by atoms with E-state index >= 15 is 0 Å². The zero-order valence-corrected chi connectivity index (χ0v) is 16.8. The summed E-state index contributed by atoms with van der Waals surface area (Å²) < 4.78 is 45.1. The van der Waals surface area contributed by atoms with Crippen molar-refractivity contribution in [1.29, 1.82) is 0 Å². The number of hydrogen-bond donors (Lipinski definition) is 1. The molecular formula is C22H26O5S. The van der Waals surface area contributed by atoms with E-state index in [9.17, 15) is 13.0 Å². The third kappa shape index (κ3) is 3.81. The van der Waals surface area contributed by atoms with Crippen LogP contribution in [0.1, 0.15) is 44.6 Å². The maximum atomic E-state index is 11.7. The Bertz CT molecular complexity index is 930. The molecule has 2 fully saturated rings. The Morgan fingerprint density at radius 2 is 1.68 bits per heavy atom. The van der Waals surface area contributed by atoms with E-state index in [1.54, 1.807) is 6.92 Å². The molecule has 2 aromatic rings. The van der Waals surface area contributed by atoms with E-state index in [0.717, 1.165) is 42.7 Å². The zero-order chi connectivity index (χ0) is 19.8. The third-order valence-electron chi connectivity index (χ3n) is 6.56. The van der Waals surface area contributed by atoms with Crippen LogP contribution in [0, 0.1) is 5.41 Å². The molecule has 0 aromatic heterocycles. The van der Waals surface area contributed by atoms with Gasteiger partial charge in [-0.25, -0.2) is 0 Å². The molecule has 28 heavy (non-hydrogen) atoms. The lowest BCUT2D eigenvalue weighted by molar-refractivity contribution is -0.0485. The van der Waals surface area contributed by atoms with Crippen LogP contribution in [0.5, 0.6) is 11.5 Å². The predicted molar refractivity (Wildman–Crippen MR) is 107 cm³/mol. The van der Waals surface area contributed by atoms with Crippen LogP contribution in [0.25, 0.3) is 0 Å². The highest BCUT2D eigenvalue weighted by atomic mass is 32.2. The molecular weight excluding hydrogens is 376 g/mol. The van der Waals surface area contributed by atoms with E-state index in [1.165, 1.54) is 0 Å². The molecule has 2 bridgehead atoms. The first-order valence-electron chi connectivity index (χ1n) is 9.73. The maximum Gasteiger partial charge on any atom is 0.268 e. The monoisotopic (exact) mass is 402 g/mol. The maximum absolute atomic E-state index is 11.7. The van der Waals surface area contributed by atoms with E-state index in [4.69, 9.17) is 9.47 Å². The van der Waals surface area contributed by atoms with Gasteiger partial charge < -0.3 is 9.47 Å². The minimum Gasteiger partial charge on any atom is -0.457 e. The SMILES string of the molecule is CC(C12CCC(OCc3cccc(Oc4ccccc4)c3)(CC1)C2)S(=O)(=O)O. The van der Waals surface area contributed by atoms with Crippen LogP contribution in [0.15, 0.2) is 54.6 Å². The van der Waals surface area contributed by atoms with Crippen LogP contribution < -0.4 is 4.74 Å². The second-order valence-electron chi connectivity index (χ2n) is 8.23. The fourth-order valence-corrected chi connectivity index (χ4v) is 5.77. The van der Waals surface area contributed by atoms with Crippen molar-refractivity contribution < 1.29 is 22.4 Å². The quantitative estimate of drug-likeness (QED) is 0.662. The summed E-state index contributed by atoms with van der Waals surface area (Å²) in [5.74, 6) is 1.55. The molecule has 150 valence electrons. The van der Waals surface area contributed by atoms with E-state index < -0.39 is 15.4 Å². The van der Waals surface area contributed by atoms with E-state index in [2.05, 4.69) is 0 Å². The van der Waals surface area contributed by atoms with Gasteiger partial charge in [0.25, 0.3) is 10.1 Å². The largest absolute Gasteiger partial charge is 0.457 e. The predicted octanol–water partition coefficient (Wildman–Crippen LogP) is 4.97. The van der Waals surface area contributed by atoms with Crippen LogP contribution in [-0.2, 0) is 21.5 Å². The summed E-state index contributed by atoms with van der Waals surface area (Å²) in [5.41, 5.74) is 0.385. The van der Waals surface area contributed by atoms with Gasteiger partial charge in [-0.2, -0.15) is 8.42 Å². The number of para-hydroxylation sites is 1. The molecule has 0 saturated heterocycles. The second-order valence-corrected chi connectivity index (χ2v) is 9.97. The van der Waals surface area contributed by atoms with Crippen LogP contribution in [-0.4, -0.2) is 23.8 Å². The molecule has 1 N–H and O–H groups in total. The van der Waals surface area contributed by atoms with Gasteiger partial charge in [0, 0.05) is 0 Å². The Labute approximate surface area is 166 Å². The van der Waals surface area contributed by atoms with Crippen LogP contribution >= 0.6 is 0 Å². The van der Waals surface area contributed by atoms with Gasteiger partial charge in [-0.3, -0.25) is 4.55 Å². The van der Waals surface area contributed by atoms with Crippen molar-refractivity contribution in [2.45, 2.75) is 56.5 Å². The fraction of sp³-hybridized carbons (Fsp3) is 0.455. The Morgan fingerprint density at radius 3 is 2.36 bits per heavy atom. The van der Waals surface area contributed by atoms with Gasteiger partial charge in [-0.05, 0) is 74.3 Å². The highest BCUT2D eigenvalue weighted by Gasteiger charge is 2.59. The molecule has 1 atom stereocenters. The van der Waals surface area contributed by atoms with Gasteiger partial charge in [-0.15, -0.1) is 0 Å². The van der Waals surface area contributed by atoms with E-state index in [0.29, 0.717) is 13.0 Å². The molecule has 6 heteroatoms. The molecule has 2 aliphatic rings. The first-order chi connectivity index (χ1) is 13.3. The third-order valence-corrected chi connectivity index (χ3v) is 7.96. The summed E-state index contributed by atoms with van der Waals surface area (Å²) in [6.07, 6.45) is 3.94. The van der Waals surface area contributed by atoms with Crippen molar-refractivity contribution in [3.63, 3.8) is 0 Å². The summed E-state index contributed by atoms with van der Waals surface area (Å²) in [5, 5.41) is -0.740. The van der Waals surface area contributed by atoms with Crippen molar-refractivity contribution in [1.82, 2.24) is 0 Å². The lowest BCUT2D eigenvalue weighted by Crippen LogP contribution is -2.35. The highest BCUT2D eigenvalue weighted by Crippen LogP contribution is 2.61. The summed E-state index contributed by atoms with van der Waals surface area (Å²) in [4.78, 5) is 0.